The average molecular weight is 286 g/mol. The highest BCUT2D eigenvalue weighted by Crippen LogP contribution is 2.20. The fourth-order valence-corrected chi connectivity index (χ4v) is 2.19. The first-order valence-corrected chi connectivity index (χ1v) is 7.00. The smallest absolute Gasteiger partial charge is 0.231 e. The summed E-state index contributed by atoms with van der Waals surface area (Å²) in [6.45, 7) is 3.86. The molecule has 1 aliphatic heterocycles. The Labute approximate surface area is 118 Å². The van der Waals surface area contributed by atoms with Crippen molar-refractivity contribution in [1.82, 2.24) is 15.0 Å². The van der Waals surface area contributed by atoms with E-state index in [2.05, 4.69) is 19.9 Å². The molecular formula is C12H20ClN5O. The molecule has 0 aliphatic carbocycles. The Morgan fingerprint density at radius 2 is 1.95 bits per heavy atom. The van der Waals surface area contributed by atoms with Gasteiger partial charge in [-0.15, -0.1) is 0 Å². The van der Waals surface area contributed by atoms with Gasteiger partial charge in [0.1, 0.15) is 0 Å². The molecule has 0 radical (unpaired) electrons. The predicted molar refractivity (Wildman–Crippen MR) is 75.9 cm³/mol. The number of aliphatic hydroxyl groups is 1. The van der Waals surface area contributed by atoms with Crippen molar-refractivity contribution in [3.63, 3.8) is 0 Å². The number of aliphatic hydroxyl groups excluding tert-OH is 1. The van der Waals surface area contributed by atoms with E-state index < -0.39 is 0 Å². The Morgan fingerprint density at radius 1 is 1.26 bits per heavy atom. The van der Waals surface area contributed by atoms with Crippen LogP contribution in [0.5, 0.6) is 0 Å². The Kier molecular flexibility index (Phi) is 4.76. The van der Waals surface area contributed by atoms with Gasteiger partial charge in [-0.3, -0.25) is 0 Å². The van der Waals surface area contributed by atoms with Gasteiger partial charge in [0.2, 0.25) is 17.2 Å². The van der Waals surface area contributed by atoms with Crippen LogP contribution in [0.25, 0.3) is 0 Å². The van der Waals surface area contributed by atoms with E-state index in [-0.39, 0.29) is 17.9 Å². The van der Waals surface area contributed by atoms with Crippen molar-refractivity contribution in [3.05, 3.63) is 5.28 Å². The summed E-state index contributed by atoms with van der Waals surface area (Å²) in [5.41, 5.74) is 0. The van der Waals surface area contributed by atoms with Crippen molar-refractivity contribution in [3.8, 4) is 0 Å². The average Bonchev–Trinajstić information content (AvgIpc) is 2.46. The summed E-state index contributed by atoms with van der Waals surface area (Å²) in [7, 11) is 1.84. The Hall–Kier alpha value is -1.14. The van der Waals surface area contributed by atoms with Crippen LogP contribution >= 0.6 is 11.6 Å². The van der Waals surface area contributed by atoms with Gasteiger partial charge in [-0.25, -0.2) is 0 Å². The number of aromatic nitrogens is 3. The predicted octanol–water partition coefficient (Wildman–Crippen LogP) is 1.33. The van der Waals surface area contributed by atoms with E-state index >= 15 is 0 Å². The second-order valence-corrected chi connectivity index (χ2v) is 5.23. The highest BCUT2D eigenvalue weighted by atomic mass is 35.5. The summed E-state index contributed by atoms with van der Waals surface area (Å²) in [5, 5.41) is 9.39. The van der Waals surface area contributed by atoms with Crippen molar-refractivity contribution in [2.75, 3.05) is 36.5 Å². The topological polar surface area (TPSA) is 65.4 Å². The van der Waals surface area contributed by atoms with Crippen molar-refractivity contribution in [1.29, 1.82) is 0 Å². The first-order valence-electron chi connectivity index (χ1n) is 6.62. The van der Waals surface area contributed by atoms with Gasteiger partial charge in [-0.2, -0.15) is 15.0 Å². The van der Waals surface area contributed by atoms with E-state index in [0.717, 1.165) is 25.9 Å². The van der Waals surface area contributed by atoms with Crippen LogP contribution in [-0.4, -0.2) is 52.8 Å². The summed E-state index contributed by atoms with van der Waals surface area (Å²) >= 11 is 5.98. The van der Waals surface area contributed by atoms with Crippen LogP contribution in [0.3, 0.4) is 0 Å². The fourth-order valence-electron chi connectivity index (χ4n) is 2.04. The van der Waals surface area contributed by atoms with Crippen molar-refractivity contribution in [2.24, 2.45) is 0 Å². The molecule has 0 aromatic carbocycles. The van der Waals surface area contributed by atoms with Gasteiger partial charge < -0.3 is 14.9 Å². The van der Waals surface area contributed by atoms with Crippen LogP contribution in [0.2, 0.25) is 5.28 Å². The zero-order chi connectivity index (χ0) is 13.8. The molecule has 6 nitrogen and oxygen atoms in total. The van der Waals surface area contributed by atoms with Crippen LogP contribution in [0, 0.1) is 0 Å². The molecule has 1 aliphatic rings. The molecule has 1 N–H and O–H groups in total. The third-order valence-corrected chi connectivity index (χ3v) is 3.63. The molecule has 1 atom stereocenters. The minimum atomic E-state index is -0.0623. The number of halogens is 1. The van der Waals surface area contributed by atoms with Gasteiger partial charge in [-0.1, -0.05) is 0 Å². The Morgan fingerprint density at radius 3 is 2.58 bits per heavy atom. The fraction of sp³-hybridized carbons (Fsp3) is 0.750. The second-order valence-electron chi connectivity index (χ2n) is 4.89. The first kappa shape index (κ1) is 14.3. The van der Waals surface area contributed by atoms with Crippen LogP contribution in [0.1, 0.15) is 26.2 Å². The summed E-state index contributed by atoms with van der Waals surface area (Å²) in [4.78, 5) is 16.7. The maximum absolute atomic E-state index is 9.20. The zero-order valence-electron chi connectivity index (χ0n) is 11.4. The van der Waals surface area contributed by atoms with Gasteiger partial charge in [0, 0.05) is 20.1 Å². The lowest BCUT2D eigenvalue weighted by Crippen LogP contribution is -2.35. The lowest BCUT2D eigenvalue weighted by Gasteiger charge is -2.28. The SMILES string of the molecule is CC(CO)N(C)c1nc(Cl)nc(N2CCCCC2)n1. The molecule has 0 amide bonds. The van der Waals surface area contributed by atoms with Gasteiger partial charge in [0.15, 0.2) is 0 Å². The van der Waals surface area contributed by atoms with Gasteiger partial charge in [0.05, 0.1) is 12.6 Å². The molecule has 1 unspecified atom stereocenters. The molecule has 7 heteroatoms. The molecule has 1 aromatic rings. The molecule has 1 fully saturated rings. The molecule has 2 heterocycles. The first-order chi connectivity index (χ1) is 9.11. The number of nitrogens with zero attached hydrogens (tertiary/aromatic N) is 5. The van der Waals surface area contributed by atoms with E-state index in [1.165, 1.54) is 6.42 Å². The summed E-state index contributed by atoms with van der Waals surface area (Å²) in [5.74, 6) is 1.13. The molecule has 106 valence electrons. The number of hydrogen-bond donors (Lipinski definition) is 1. The van der Waals surface area contributed by atoms with Crippen LogP contribution < -0.4 is 9.80 Å². The van der Waals surface area contributed by atoms with Crippen LogP contribution in [0.15, 0.2) is 0 Å². The molecule has 19 heavy (non-hydrogen) atoms. The van der Waals surface area contributed by atoms with E-state index in [4.69, 9.17) is 11.6 Å². The summed E-state index contributed by atoms with van der Waals surface area (Å²) in [6.07, 6.45) is 3.56. The number of likely N-dealkylation sites (N-methyl/N-ethyl adjacent to an activating group) is 1. The maximum Gasteiger partial charge on any atom is 0.231 e. The summed E-state index contributed by atoms with van der Waals surface area (Å²) in [6, 6.07) is -0.0623. The monoisotopic (exact) mass is 285 g/mol. The molecular weight excluding hydrogens is 266 g/mol. The molecule has 0 saturated carbocycles. The van der Waals surface area contributed by atoms with E-state index in [0.29, 0.717) is 11.9 Å². The van der Waals surface area contributed by atoms with Gasteiger partial charge in [-0.05, 0) is 37.8 Å². The van der Waals surface area contributed by atoms with Crippen molar-refractivity contribution >= 4 is 23.5 Å². The normalized spacial score (nSPS) is 17.4. The molecule has 1 saturated heterocycles. The largest absolute Gasteiger partial charge is 0.394 e. The minimum Gasteiger partial charge on any atom is -0.394 e. The number of hydrogen-bond acceptors (Lipinski definition) is 6. The highest BCUT2D eigenvalue weighted by molar-refractivity contribution is 6.28. The molecule has 1 aromatic heterocycles. The van der Waals surface area contributed by atoms with Crippen LogP contribution in [-0.2, 0) is 0 Å². The van der Waals surface area contributed by atoms with E-state index in [9.17, 15) is 5.11 Å². The van der Waals surface area contributed by atoms with Crippen LogP contribution in [0.4, 0.5) is 11.9 Å². The van der Waals surface area contributed by atoms with Gasteiger partial charge in [0.25, 0.3) is 0 Å². The zero-order valence-corrected chi connectivity index (χ0v) is 12.1. The van der Waals surface area contributed by atoms with Gasteiger partial charge >= 0.3 is 0 Å². The summed E-state index contributed by atoms with van der Waals surface area (Å²) < 4.78 is 0. The third kappa shape index (κ3) is 3.45. The Bertz CT molecular complexity index is 404. The minimum absolute atomic E-state index is 0.0405. The lowest BCUT2D eigenvalue weighted by atomic mass is 10.1. The number of rotatable bonds is 4. The van der Waals surface area contributed by atoms with Crippen molar-refractivity contribution in [2.45, 2.75) is 32.2 Å². The second kappa shape index (κ2) is 6.34. The molecule has 0 bridgehead atoms. The van der Waals surface area contributed by atoms with E-state index in [1.807, 2.05) is 14.0 Å². The quantitative estimate of drug-likeness (QED) is 0.900. The number of anilines is 2. The Balaban J connectivity index is 2.23. The van der Waals surface area contributed by atoms with E-state index in [1.54, 1.807) is 4.90 Å². The highest BCUT2D eigenvalue weighted by Gasteiger charge is 2.18. The molecule has 2 rings (SSSR count). The number of piperidine rings is 1. The standard InChI is InChI=1S/C12H20ClN5O/c1-9(8-19)17(2)11-14-10(13)15-12(16-11)18-6-4-3-5-7-18/h9,19H,3-8H2,1-2H3. The lowest BCUT2D eigenvalue weighted by molar-refractivity contribution is 0.269. The third-order valence-electron chi connectivity index (χ3n) is 3.46. The maximum atomic E-state index is 9.20. The molecule has 0 spiro atoms. The van der Waals surface area contributed by atoms with Crippen molar-refractivity contribution < 1.29 is 5.11 Å².